The Kier molecular flexibility index (Phi) is 8.89. The van der Waals surface area contributed by atoms with Crippen molar-refractivity contribution < 1.29 is 9.18 Å². The van der Waals surface area contributed by atoms with Crippen molar-refractivity contribution in [2.24, 2.45) is 0 Å². The van der Waals surface area contributed by atoms with Crippen LogP contribution in [0.2, 0.25) is 0 Å². The van der Waals surface area contributed by atoms with Crippen LogP contribution in [0.15, 0.2) is 47.4 Å². The number of rotatable bonds is 8. The van der Waals surface area contributed by atoms with Gasteiger partial charge in [-0.15, -0.1) is 24.2 Å². The summed E-state index contributed by atoms with van der Waals surface area (Å²) < 4.78 is 14.3. The molecule has 0 bridgehead atoms. The third kappa shape index (κ3) is 5.69. The van der Waals surface area contributed by atoms with Crippen LogP contribution in [-0.2, 0) is 0 Å². The molecule has 0 saturated heterocycles. The zero-order chi connectivity index (χ0) is 20.1. The predicted octanol–water partition coefficient (Wildman–Crippen LogP) is 5.57. The molecule has 3 rings (SSSR count). The fourth-order valence-electron chi connectivity index (χ4n) is 2.95. The van der Waals surface area contributed by atoms with E-state index in [9.17, 15) is 9.18 Å². The minimum Gasteiger partial charge on any atom is -0.302 e. The highest BCUT2D eigenvalue weighted by atomic mass is 35.5. The number of hydrogen-bond acceptors (Lipinski definition) is 5. The van der Waals surface area contributed by atoms with E-state index < -0.39 is 0 Å². The Hall–Kier alpha value is -1.67. The lowest BCUT2D eigenvalue weighted by molar-refractivity contribution is 0.0983. The van der Waals surface area contributed by atoms with E-state index in [0.29, 0.717) is 17.2 Å². The van der Waals surface area contributed by atoms with Gasteiger partial charge in [0.1, 0.15) is 5.82 Å². The smallest absolute Gasteiger partial charge is 0.260 e. The van der Waals surface area contributed by atoms with Crippen LogP contribution in [0.1, 0.15) is 24.2 Å². The zero-order valence-corrected chi connectivity index (χ0v) is 19.2. The fraction of sp³-hybridized carbons (Fsp3) is 0.333. The second kappa shape index (κ2) is 10.9. The minimum atomic E-state index is -0.351. The number of amides is 1. The Morgan fingerprint density at radius 2 is 1.79 bits per heavy atom. The largest absolute Gasteiger partial charge is 0.302 e. The molecule has 0 aliphatic heterocycles. The van der Waals surface area contributed by atoms with Gasteiger partial charge < -0.3 is 4.90 Å². The van der Waals surface area contributed by atoms with Crippen molar-refractivity contribution in [3.8, 4) is 0 Å². The van der Waals surface area contributed by atoms with Crippen molar-refractivity contribution in [3.05, 3.63) is 53.8 Å². The van der Waals surface area contributed by atoms with Crippen molar-refractivity contribution in [2.45, 2.75) is 18.7 Å². The molecule has 0 unspecified atom stereocenters. The van der Waals surface area contributed by atoms with Crippen LogP contribution in [0.5, 0.6) is 0 Å². The van der Waals surface area contributed by atoms with Gasteiger partial charge in [0.15, 0.2) is 5.13 Å². The molecule has 3 aromatic rings. The summed E-state index contributed by atoms with van der Waals surface area (Å²) in [7, 11) is 0. The standard InChI is InChI=1S/C21H24FN3OS2.ClH/c1-4-24(5-2)12-13-25(20(26)15-6-8-16(22)9-7-15)21-23-18-11-10-17(27-3)14-19(18)28-21;/h6-11,14H,4-5,12-13H2,1-3H3;1H. The predicted molar refractivity (Wildman–Crippen MR) is 125 cm³/mol. The first-order valence-electron chi connectivity index (χ1n) is 9.30. The van der Waals surface area contributed by atoms with Gasteiger partial charge in [0.25, 0.3) is 5.91 Å². The number of halogens is 2. The van der Waals surface area contributed by atoms with Crippen LogP contribution < -0.4 is 4.90 Å². The quantitative estimate of drug-likeness (QED) is 0.418. The summed E-state index contributed by atoms with van der Waals surface area (Å²) in [6.07, 6.45) is 2.04. The molecule has 0 N–H and O–H groups in total. The van der Waals surface area contributed by atoms with Gasteiger partial charge in [-0.05, 0) is 61.8 Å². The number of thioether (sulfide) groups is 1. The van der Waals surface area contributed by atoms with Gasteiger partial charge in [-0.1, -0.05) is 25.2 Å². The first-order valence-corrected chi connectivity index (χ1v) is 11.3. The number of aromatic nitrogens is 1. The SMILES string of the molecule is CCN(CC)CCN(C(=O)c1ccc(F)cc1)c1nc2ccc(SC)cc2s1.Cl. The van der Waals surface area contributed by atoms with Gasteiger partial charge >= 0.3 is 0 Å². The van der Waals surface area contributed by atoms with Crippen LogP contribution in [0.25, 0.3) is 10.2 Å². The van der Waals surface area contributed by atoms with Crippen molar-refractivity contribution in [2.75, 3.05) is 37.3 Å². The monoisotopic (exact) mass is 453 g/mol. The lowest BCUT2D eigenvalue weighted by atomic mass is 10.2. The van der Waals surface area contributed by atoms with E-state index >= 15 is 0 Å². The topological polar surface area (TPSA) is 36.4 Å². The average molecular weight is 454 g/mol. The van der Waals surface area contributed by atoms with Gasteiger partial charge in [0, 0.05) is 23.5 Å². The first-order chi connectivity index (χ1) is 13.5. The van der Waals surface area contributed by atoms with Crippen LogP contribution in [-0.4, -0.2) is 48.2 Å². The Morgan fingerprint density at radius 1 is 1.10 bits per heavy atom. The third-order valence-electron chi connectivity index (χ3n) is 4.69. The number of carbonyl (C=O) groups is 1. The van der Waals surface area contributed by atoms with Crippen molar-refractivity contribution in [1.29, 1.82) is 0 Å². The molecule has 8 heteroatoms. The number of thiazole rings is 1. The third-order valence-corrected chi connectivity index (χ3v) is 6.45. The fourth-order valence-corrected chi connectivity index (χ4v) is 4.49. The molecule has 0 saturated carbocycles. The summed E-state index contributed by atoms with van der Waals surface area (Å²) in [5.74, 6) is -0.507. The van der Waals surface area contributed by atoms with Gasteiger partial charge in [-0.25, -0.2) is 9.37 Å². The van der Waals surface area contributed by atoms with Crippen molar-refractivity contribution in [1.82, 2.24) is 9.88 Å². The second-order valence-corrected chi connectivity index (χ2v) is 8.21. The number of anilines is 1. The number of carbonyl (C=O) groups excluding carboxylic acids is 1. The summed E-state index contributed by atoms with van der Waals surface area (Å²) in [5, 5.41) is 0.676. The van der Waals surface area contributed by atoms with E-state index in [2.05, 4.69) is 24.8 Å². The number of benzene rings is 2. The van der Waals surface area contributed by atoms with Crippen molar-refractivity contribution >= 4 is 56.8 Å². The molecular formula is C21H25ClFN3OS2. The summed E-state index contributed by atoms with van der Waals surface area (Å²) in [5.41, 5.74) is 1.35. The van der Waals surface area contributed by atoms with E-state index in [1.165, 1.54) is 40.5 Å². The van der Waals surface area contributed by atoms with Gasteiger partial charge in [-0.3, -0.25) is 9.69 Å². The highest BCUT2D eigenvalue weighted by Crippen LogP contribution is 2.32. The van der Waals surface area contributed by atoms with Crippen molar-refractivity contribution in [3.63, 3.8) is 0 Å². The number of fused-ring (bicyclic) bond motifs is 1. The molecule has 1 amide bonds. The molecule has 0 aliphatic carbocycles. The average Bonchev–Trinajstić information content (AvgIpc) is 3.14. The van der Waals surface area contributed by atoms with E-state index in [-0.39, 0.29) is 24.1 Å². The Bertz CT molecular complexity index is 945. The molecule has 0 spiro atoms. The maximum absolute atomic E-state index is 13.3. The minimum absolute atomic E-state index is 0. The number of nitrogens with zero attached hydrogens (tertiary/aromatic N) is 3. The molecule has 29 heavy (non-hydrogen) atoms. The highest BCUT2D eigenvalue weighted by molar-refractivity contribution is 7.98. The maximum Gasteiger partial charge on any atom is 0.260 e. The zero-order valence-electron chi connectivity index (χ0n) is 16.7. The first kappa shape index (κ1) is 23.6. The number of likely N-dealkylation sites (N-methyl/N-ethyl adjacent to an activating group) is 1. The summed E-state index contributed by atoms with van der Waals surface area (Å²) in [6, 6.07) is 11.8. The lowest BCUT2D eigenvalue weighted by Crippen LogP contribution is -2.38. The van der Waals surface area contributed by atoms with Crippen LogP contribution in [0.4, 0.5) is 9.52 Å². The summed E-state index contributed by atoms with van der Waals surface area (Å²) >= 11 is 3.20. The molecule has 1 heterocycles. The Balaban J connectivity index is 0.00000300. The second-order valence-electron chi connectivity index (χ2n) is 6.32. The Labute approximate surface area is 185 Å². The van der Waals surface area contributed by atoms with Crippen LogP contribution in [0, 0.1) is 5.82 Å². The molecule has 2 aromatic carbocycles. The molecule has 0 fully saturated rings. The molecule has 4 nitrogen and oxygen atoms in total. The summed E-state index contributed by atoms with van der Waals surface area (Å²) in [4.78, 5) is 23.1. The number of hydrogen-bond donors (Lipinski definition) is 0. The molecular weight excluding hydrogens is 429 g/mol. The lowest BCUT2D eigenvalue weighted by Gasteiger charge is -2.24. The van der Waals surface area contributed by atoms with E-state index in [0.717, 1.165) is 29.9 Å². The molecule has 0 atom stereocenters. The van der Waals surface area contributed by atoms with Gasteiger partial charge in [-0.2, -0.15) is 0 Å². The van der Waals surface area contributed by atoms with Gasteiger partial charge in [0.2, 0.25) is 0 Å². The molecule has 0 radical (unpaired) electrons. The Morgan fingerprint density at radius 3 is 2.41 bits per heavy atom. The normalized spacial score (nSPS) is 10.9. The van der Waals surface area contributed by atoms with Gasteiger partial charge in [0.05, 0.1) is 10.2 Å². The van der Waals surface area contributed by atoms with E-state index in [4.69, 9.17) is 4.98 Å². The highest BCUT2D eigenvalue weighted by Gasteiger charge is 2.22. The van der Waals surface area contributed by atoms with Crippen LogP contribution >= 0.6 is 35.5 Å². The van der Waals surface area contributed by atoms with Crippen LogP contribution in [0.3, 0.4) is 0 Å². The van der Waals surface area contributed by atoms with E-state index in [1.54, 1.807) is 16.7 Å². The summed E-state index contributed by atoms with van der Waals surface area (Å²) in [6.45, 7) is 7.35. The maximum atomic E-state index is 13.3. The molecule has 0 aliphatic rings. The van der Waals surface area contributed by atoms with E-state index in [1.807, 2.05) is 18.4 Å². The molecule has 156 valence electrons. The molecule has 1 aromatic heterocycles.